The summed E-state index contributed by atoms with van der Waals surface area (Å²) in [7, 11) is 4.53. The van der Waals surface area contributed by atoms with E-state index in [1.165, 1.54) is 11.1 Å². The maximum Gasteiger partial charge on any atom is 0.0653 e. The Morgan fingerprint density at radius 3 is 2.69 bits per heavy atom. The first-order valence-electron chi connectivity index (χ1n) is 5.32. The summed E-state index contributed by atoms with van der Waals surface area (Å²) < 4.78 is 0. The molecule has 0 radical (unpaired) electrons. The average molecular weight is 237 g/mol. The molecule has 1 rings (SSSR count). The van der Waals surface area contributed by atoms with Crippen molar-refractivity contribution in [2.24, 2.45) is 10.7 Å². The van der Waals surface area contributed by atoms with Crippen LogP contribution in [0, 0.1) is 0 Å². The molecule has 3 nitrogen and oxygen atoms in total. The van der Waals surface area contributed by atoms with Crippen LogP contribution >= 0.6 is 8.58 Å². The average Bonchev–Trinajstić information content (AvgIpc) is 2.29. The molecule has 88 valence electrons. The molecule has 1 aliphatic rings. The fraction of sp³-hybridized carbons (Fsp3) is 0.417. The van der Waals surface area contributed by atoms with Crippen molar-refractivity contribution in [2.75, 3.05) is 20.3 Å². The number of nitrogens with two attached hydrogens (primary N) is 1. The van der Waals surface area contributed by atoms with Crippen molar-refractivity contribution >= 4 is 14.3 Å². The molecule has 0 saturated heterocycles. The number of hydrogen-bond donors (Lipinski definition) is 2. The molecular formula is C12H20N3P. The molecule has 16 heavy (non-hydrogen) atoms. The van der Waals surface area contributed by atoms with Crippen LogP contribution in [-0.4, -0.2) is 26.0 Å². The van der Waals surface area contributed by atoms with Crippen LogP contribution in [-0.2, 0) is 0 Å². The summed E-state index contributed by atoms with van der Waals surface area (Å²) in [5.74, 6) is 2.08. The predicted octanol–water partition coefficient (Wildman–Crippen LogP) is 1.99. The standard InChI is InChI=1S/C12H20N3P/c1-8(9(2)14-3)12(15-4)10-5-11(13)7-16-6-10/h5,7,14,16H,6,13H2,1-4H3/b9-8+,15-12+. The minimum atomic E-state index is 0.766. The summed E-state index contributed by atoms with van der Waals surface area (Å²) in [6, 6.07) is 0. The first kappa shape index (κ1) is 13.0. The Hall–Kier alpha value is -1.08. The van der Waals surface area contributed by atoms with E-state index in [9.17, 15) is 0 Å². The Morgan fingerprint density at radius 1 is 1.50 bits per heavy atom. The predicted molar refractivity (Wildman–Crippen MR) is 74.3 cm³/mol. The monoisotopic (exact) mass is 237 g/mol. The van der Waals surface area contributed by atoms with Crippen LogP contribution in [0.4, 0.5) is 0 Å². The van der Waals surface area contributed by atoms with E-state index < -0.39 is 0 Å². The van der Waals surface area contributed by atoms with Gasteiger partial charge in [0.2, 0.25) is 0 Å². The van der Waals surface area contributed by atoms with Gasteiger partial charge in [-0.25, -0.2) is 0 Å². The summed E-state index contributed by atoms with van der Waals surface area (Å²) in [4.78, 5) is 4.39. The van der Waals surface area contributed by atoms with E-state index in [0.717, 1.165) is 31.8 Å². The third kappa shape index (κ3) is 2.96. The van der Waals surface area contributed by atoms with Gasteiger partial charge < -0.3 is 11.1 Å². The molecule has 1 heterocycles. The molecule has 1 atom stereocenters. The molecule has 0 aromatic carbocycles. The topological polar surface area (TPSA) is 50.4 Å². The van der Waals surface area contributed by atoms with Crippen molar-refractivity contribution in [3.63, 3.8) is 0 Å². The summed E-state index contributed by atoms with van der Waals surface area (Å²) >= 11 is 0. The Balaban J connectivity index is 3.06. The molecule has 0 saturated carbocycles. The molecule has 4 heteroatoms. The fourth-order valence-electron chi connectivity index (χ4n) is 1.64. The Kier molecular flexibility index (Phi) is 4.75. The van der Waals surface area contributed by atoms with Gasteiger partial charge in [0.05, 0.1) is 5.71 Å². The Morgan fingerprint density at radius 2 is 2.19 bits per heavy atom. The van der Waals surface area contributed by atoms with Gasteiger partial charge in [0.25, 0.3) is 0 Å². The quantitative estimate of drug-likeness (QED) is 0.582. The molecule has 0 aliphatic carbocycles. The lowest BCUT2D eigenvalue weighted by Crippen LogP contribution is -2.15. The third-order valence-electron chi connectivity index (χ3n) is 2.72. The van der Waals surface area contributed by atoms with Gasteiger partial charge in [-0.05, 0) is 43.0 Å². The van der Waals surface area contributed by atoms with E-state index in [0.29, 0.717) is 0 Å². The minimum Gasteiger partial charge on any atom is -0.399 e. The highest BCUT2D eigenvalue weighted by atomic mass is 31.1. The van der Waals surface area contributed by atoms with Crippen LogP contribution in [0.25, 0.3) is 0 Å². The first-order chi connectivity index (χ1) is 7.60. The Labute approximate surface area is 99.4 Å². The van der Waals surface area contributed by atoms with Gasteiger partial charge in [-0.1, -0.05) is 8.58 Å². The molecule has 0 spiro atoms. The molecule has 0 bridgehead atoms. The number of allylic oxidation sites excluding steroid dienone is 4. The van der Waals surface area contributed by atoms with Crippen molar-refractivity contribution in [2.45, 2.75) is 13.8 Å². The lowest BCUT2D eigenvalue weighted by Gasteiger charge is -2.16. The zero-order valence-corrected chi connectivity index (χ0v) is 11.4. The van der Waals surface area contributed by atoms with Crippen LogP contribution in [0.1, 0.15) is 13.8 Å². The molecule has 1 unspecified atom stereocenters. The summed E-state index contributed by atoms with van der Waals surface area (Å²) in [6.45, 7) is 4.15. The second-order valence-corrected chi connectivity index (χ2v) is 4.82. The smallest absolute Gasteiger partial charge is 0.0653 e. The van der Waals surface area contributed by atoms with Gasteiger partial charge >= 0.3 is 0 Å². The van der Waals surface area contributed by atoms with Crippen LogP contribution < -0.4 is 11.1 Å². The van der Waals surface area contributed by atoms with Crippen molar-refractivity contribution in [1.29, 1.82) is 0 Å². The largest absolute Gasteiger partial charge is 0.399 e. The van der Waals surface area contributed by atoms with E-state index in [2.05, 4.69) is 30.0 Å². The first-order valence-corrected chi connectivity index (χ1v) is 6.61. The summed E-state index contributed by atoms with van der Waals surface area (Å²) in [6.07, 6.45) is 3.08. The fourth-order valence-corrected chi connectivity index (χ4v) is 2.55. The maximum atomic E-state index is 5.83. The van der Waals surface area contributed by atoms with Crippen molar-refractivity contribution in [3.05, 3.63) is 34.4 Å². The van der Waals surface area contributed by atoms with Gasteiger partial charge in [0, 0.05) is 25.5 Å². The van der Waals surface area contributed by atoms with Gasteiger partial charge in [-0.2, -0.15) is 0 Å². The van der Waals surface area contributed by atoms with Gasteiger partial charge in [0.15, 0.2) is 0 Å². The maximum absolute atomic E-state index is 5.83. The van der Waals surface area contributed by atoms with Gasteiger partial charge in [-0.3, -0.25) is 4.99 Å². The third-order valence-corrected chi connectivity index (χ3v) is 3.85. The second-order valence-electron chi connectivity index (χ2n) is 3.77. The van der Waals surface area contributed by atoms with Crippen molar-refractivity contribution < 1.29 is 0 Å². The summed E-state index contributed by atoms with van der Waals surface area (Å²) in [5.41, 5.74) is 11.3. The molecule has 1 aliphatic heterocycles. The zero-order chi connectivity index (χ0) is 12.1. The highest BCUT2D eigenvalue weighted by molar-refractivity contribution is 7.42. The second kappa shape index (κ2) is 5.86. The van der Waals surface area contributed by atoms with E-state index in [4.69, 9.17) is 5.73 Å². The van der Waals surface area contributed by atoms with Gasteiger partial charge in [0.1, 0.15) is 0 Å². The number of rotatable bonds is 3. The molecule has 0 fully saturated rings. The Bertz CT molecular complexity index is 389. The van der Waals surface area contributed by atoms with Crippen LogP contribution in [0.5, 0.6) is 0 Å². The van der Waals surface area contributed by atoms with E-state index in [-0.39, 0.29) is 0 Å². The minimum absolute atomic E-state index is 0.766. The van der Waals surface area contributed by atoms with E-state index in [1.54, 1.807) is 0 Å². The lowest BCUT2D eigenvalue weighted by molar-refractivity contribution is 0.973. The molecular weight excluding hydrogens is 217 g/mol. The van der Waals surface area contributed by atoms with E-state index >= 15 is 0 Å². The molecule has 3 N–H and O–H groups in total. The molecule has 0 aromatic rings. The van der Waals surface area contributed by atoms with Crippen LogP contribution in [0.2, 0.25) is 0 Å². The van der Waals surface area contributed by atoms with E-state index in [1.807, 2.05) is 20.2 Å². The molecule has 0 aromatic heterocycles. The highest BCUT2D eigenvalue weighted by Crippen LogP contribution is 2.26. The normalized spacial score (nSPS) is 20.1. The van der Waals surface area contributed by atoms with Crippen LogP contribution in [0.15, 0.2) is 39.4 Å². The van der Waals surface area contributed by atoms with Crippen molar-refractivity contribution in [3.8, 4) is 0 Å². The highest BCUT2D eigenvalue weighted by Gasteiger charge is 2.12. The van der Waals surface area contributed by atoms with Crippen LogP contribution in [0.3, 0.4) is 0 Å². The number of hydrogen-bond acceptors (Lipinski definition) is 3. The molecule has 0 amide bonds. The summed E-state index contributed by atoms with van der Waals surface area (Å²) in [5, 5.41) is 3.16. The SMILES string of the molecule is C/N=C(C1=CC(N)=CPC1)\C(C)=C(/C)NC. The lowest BCUT2D eigenvalue weighted by atomic mass is 10.0. The number of nitrogens with one attached hydrogen (secondary N) is 1. The number of nitrogens with zero attached hydrogens (tertiary/aromatic N) is 1. The zero-order valence-electron chi connectivity index (χ0n) is 10.4. The van der Waals surface area contributed by atoms with Gasteiger partial charge in [-0.15, -0.1) is 0 Å². The van der Waals surface area contributed by atoms with Crippen molar-refractivity contribution in [1.82, 2.24) is 5.32 Å². The number of aliphatic imine (C=N–C) groups is 1.